The SMILES string of the molecule is CCN(CC)c1ccc(N=C2C(SC)=Nn3c2nnc3-c2ccccc2)c(C)c1. The molecule has 3 aromatic rings. The van der Waals surface area contributed by atoms with Crippen LogP contribution < -0.4 is 4.90 Å². The molecule has 0 amide bonds. The van der Waals surface area contributed by atoms with Crippen molar-refractivity contribution >= 4 is 33.9 Å². The van der Waals surface area contributed by atoms with Gasteiger partial charge >= 0.3 is 0 Å². The van der Waals surface area contributed by atoms with Crippen LogP contribution in [0.15, 0.2) is 58.6 Å². The van der Waals surface area contributed by atoms with Gasteiger partial charge in [0.25, 0.3) is 0 Å². The van der Waals surface area contributed by atoms with E-state index >= 15 is 0 Å². The molecule has 1 aliphatic heterocycles. The summed E-state index contributed by atoms with van der Waals surface area (Å²) < 4.78 is 1.79. The molecule has 2 heterocycles. The van der Waals surface area contributed by atoms with E-state index in [-0.39, 0.29) is 0 Å². The van der Waals surface area contributed by atoms with E-state index in [0.29, 0.717) is 5.82 Å². The Morgan fingerprint density at radius 3 is 2.38 bits per heavy atom. The number of thioether (sulfide) groups is 1. The first-order valence-corrected chi connectivity index (χ1v) is 11.0. The maximum atomic E-state index is 4.93. The van der Waals surface area contributed by atoms with Crippen LogP contribution in [0.3, 0.4) is 0 Å². The van der Waals surface area contributed by atoms with E-state index < -0.39 is 0 Å². The summed E-state index contributed by atoms with van der Waals surface area (Å²) in [6, 6.07) is 16.4. The summed E-state index contributed by atoms with van der Waals surface area (Å²) in [6.07, 6.45) is 2.01. The highest BCUT2D eigenvalue weighted by atomic mass is 32.2. The first-order valence-electron chi connectivity index (χ1n) is 9.75. The molecule has 1 aliphatic rings. The van der Waals surface area contributed by atoms with Crippen LogP contribution in [-0.4, -0.2) is 45.0 Å². The van der Waals surface area contributed by atoms with Crippen LogP contribution in [-0.2, 0) is 0 Å². The number of aryl methyl sites for hydroxylation is 1. The van der Waals surface area contributed by atoms with E-state index in [0.717, 1.165) is 46.5 Å². The highest BCUT2D eigenvalue weighted by molar-refractivity contribution is 8.15. The highest BCUT2D eigenvalue weighted by Gasteiger charge is 2.28. The number of rotatable bonds is 5. The van der Waals surface area contributed by atoms with Crippen LogP contribution in [0.1, 0.15) is 25.2 Å². The topological polar surface area (TPSA) is 58.7 Å². The van der Waals surface area contributed by atoms with Crippen molar-refractivity contribution in [3.8, 4) is 11.4 Å². The first-order chi connectivity index (χ1) is 14.2. The van der Waals surface area contributed by atoms with Gasteiger partial charge in [-0.05, 0) is 50.8 Å². The lowest BCUT2D eigenvalue weighted by Gasteiger charge is -2.21. The molecule has 29 heavy (non-hydrogen) atoms. The third kappa shape index (κ3) is 3.58. The second kappa shape index (κ2) is 8.21. The molecule has 148 valence electrons. The number of benzene rings is 2. The quantitative estimate of drug-likeness (QED) is 0.615. The lowest BCUT2D eigenvalue weighted by atomic mass is 10.1. The Kier molecular flexibility index (Phi) is 5.49. The van der Waals surface area contributed by atoms with Gasteiger partial charge in [-0.2, -0.15) is 9.78 Å². The van der Waals surface area contributed by atoms with Crippen molar-refractivity contribution < 1.29 is 0 Å². The van der Waals surface area contributed by atoms with Gasteiger partial charge in [-0.3, -0.25) is 0 Å². The van der Waals surface area contributed by atoms with Crippen molar-refractivity contribution in [3.63, 3.8) is 0 Å². The predicted octanol–water partition coefficient (Wildman–Crippen LogP) is 4.76. The Hall–Kier alpha value is -2.93. The molecule has 0 unspecified atom stereocenters. The van der Waals surface area contributed by atoms with Gasteiger partial charge in [0.05, 0.1) is 5.69 Å². The van der Waals surface area contributed by atoms with E-state index in [2.05, 4.69) is 54.1 Å². The Labute approximate surface area is 175 Å². The van der Waals surface area contributed by atoms with Crippen LogP contribution >= 0.6 is 11.8 Å². The molecule has 0 N–H and O–H groups in total. The Morgan fingerprint density at radius 1 is 1.00 bits per heavy atom. The van der Waals surface area contributed by atoms with Crippen molar-refractivity contribution in [2.75, 3.05) is 24.2 Å². The van der Waals surface area contributed by atoms with Crippen molar-refractivity contribution in [3.05, 3.63) is 59.9 Å². The molecule has 0 radical (unpaired) electrons. The minimum atomic E-state index is 0.681. The number of hydrogen-bond acceptors (Lipinski definition) is 6. The number of hydrogen-bond donors (Lipinski definition) is 0. The van der Waals surface area contributed by atoms with Crippen molar-refractivity contribution in [1.29, 1.82) is 0 Å². The molecule has 0 saturated heterocycles. The molecular formula is C22H24N6S. The molecule has 0 saturated carbocycles. The number of nitrogens with zero attached hydrogens (tertiary/aromatic N) is 6. The fraction of sp³-hybridized carbons (Fsp3) is 0.273. The van der Waals surface area contributed by atoms with Gasteiger partial charge in [0.1, 0.15) is 10.8 Å². The minimum Gasteiger partial charge on any atom is -0.372 e. The average Bonchev–Trinajstić information content (AvgIpc) is 3.31. The van der Waals surface area contributed by atoms with E-state index in [4.69, 9.17) is 10.1 Å². The smallest absolute Gasteiger partial charge is 0.206 e. The molecule has 7 heteroatoms. The number of anilines is 1. The van der Waals surface area contributed by atoms with Gasteiger partial charge in [0.15, 0.2) is 5.82 Å². The number of fused-ring (bicyclic) bond motifs is 1. The predicted molar refractivity (Wildman–Crippen MR) is 123 cm³/mol. The standard InChI is InChI=1S/C22H24N6S/c1-5-27(6-2)17-12-13-18(15(3)14-17)23-19-21-25-24-20(16-10-8-7-9-11-16)28(21)26-22(19)29-4/h7-14H,5-6H2,1-4H3. The van der Waals surface area contributed by atoms with Crippen LogP contribution in [0.25, 0.3) is 11.4 Å². The minimum absolute atomic E-state index is 0.681. The molecule has 2 aromatic carbocycles. The lowest BCUT2D eigenvalue weighted by molar-refractivity contribution is 0.865. The van der Waals surface area contributed by atoms with Crippen LogP contribution in [0.5, 0.6) is 0 Å². The zero-order valence-corrected chi connectivity index (χ0v) is 17.9. The zero-order valence-electron chi connectivity index (χ0n) is 17.1. The number of aliphatic imine (C=N–C) groups is 1. The fourth-order valence-electron chi connectivity index (χ4n) is 3.43. The zero-order chi connectivity index (χ0) is 20.4. The Morgan fingerprint density at radius 2 is 1.72 bits per heavy atom. The molecule has 0 bridgehead atoms. The van der Waals surface area contributed by atoms with Crippen molar-refractivity contribution in [2.45, 2.75) is 20.8 Å². The molecule has 0 atom stereocenters. The summed E-state index contributed by atoms with van der Waals surface area (Å²) in [5, 5.41) is 14.3. The van der Waals surface area contributed by atoms with E-state index in [9.17, 15) is 0 Å². The number of aromatic nitrogens is 3. The Balaban J connectivity index is 1.75. The monoisotopic (exact) mass is 404 g/mol. The highest BCUT2D eigenvalue weighted by Crippen LogP contribution is 2.29. The maximum absolute atomic E-state index is 4.93. The average molecular weight is 405 g/mol. The third-order valence-corrected chi connectivity index (χ3v) is 5.67. The van der Waals surface area contributed by atoms with E-state index in [1.54, 1.807) is 16.4 Å². The molecule has 0 spiro atoms. The van der Waals surface area contributed by atoms with Gasteiger partial charge in [0.2, 0.25) is 5.82 Å². The Bertz CT molecular complexity index is 1080. The maximum Gasteiger partial charge on any atom is 0.206 e. The van der Waals surface area contributed by atoms with Gasteiger partial charge in [-0.15, -0.1) is 22.0 Å². The summed E-state index contributed by atoms with van der Waals surface area (Å²) in [5.41, 5.74) is 5.03. The van der Waals surface area contributed by atoms with Gasteiger partial charge in [-0.25, -0.2) is 4.99 Å². The van der Waals surface area contributed by atoms with Crippen molar-refractivity contribution in [2.24, 2.45) is 10.1 Å². The van der Waals surface area contributed by atoms with Crippen LogP contribution in [0.4, 0.5) is 11.4 Å². The largest absolute Gasteiger partial charge is 0.372 e. The molecule has 0 aliphatic carbocycles. The molecular weight excluding hydrogens is 380 g/mol. The molecule has 4 rings (SSSR count). The summed E-state index contributed by atoms with van der Waals surface area (Å²) in [4.78, 5) is 7.26. The van der Waals surface area contributed by atoms with Gasteiger partial charge < -0.3 is 4.90 Å². The third-order valence-electron chi connectivity index (χ3n) is 5.01. The lowest BCUT2D eigenvalue weighted by Crippen LogP contribution is -2.21. The second-order valence-electron chi connectivity index (χ2n) is 6.74. The summed E-state index contributed by atoms with van der Waals surface area (Å²) in [6.45, 7) is 8.40. The van der Waals surface area contributed by atoms with E-state index in [1.807, 2.05) is 36.6 Å². The van der Waals surface area contributed by atoms with Gasteiger partial charge in [0, 0.05) is 24.3 Å². The summed E-state index contributed by atoms with van der Waals surface area (Å²) >= 11 is 1.57. The molecule has 0 fully saturated rings. The first kappa shape index (κ1) is 19.4. The van der Waals surface area contributed by atoms with Crippen molar-refractivity contribution in [1.82, 2.24) is 14.9 Å². The van der Waals surface area contributed by atoms with E-state index in [1.165, 1.54) is 5.69 Å². The summed E-state index contributed by atoms with van der Waals surface area (Å²) in [7, 11) is 0. The molecule has 1 aromatic heterocycles. The van der Waals surface area contributed by atoms with Crippen LogP contribution in [0.2, 0.25) is 0 Å². The van der Waals surface area contributed by atoms with Gasteiger partial charge in [-0.1, -0.05) is 30.3 Å². The summed E-state index contributed by atoms with van der Waals surface area (Å²) in [5.74, 6) is 1.41. The second-order valence-corrected chi connectivity index (χ2v) is 7.53. The molecule has 6 nitrogen and oxygen atoms in total. The fourth-order valence-corrected chi connectivity index (χ4v) is 3.92. The van der Waals surface area contributed by atoms with Crippen LogP contribution in [0, 0.1) is 6.92 Å². The normalized spacial score (nSPS) is 14.2.